The summed E-state index contributed by atoms with van der Waals surface area (Å²) in [6.45, 7) is 0. The molecule has 0 spiro atoms. The van der Waals surface area contributed by atoms with E-state index in [1.54, 1.807) is 0 Å². The van der Waals surface area contributed by atoms with Gasteiger partial charge < -0.3 is 9.13 Å². The van der Waals surface area contributed by atoms with E-state index in [-0.39, 0.29) is 0 Å². The minimum absolute atomic E-state index is 1.17. The maximum Gasteiger partial charge on any atom is 0.0541 e. The Morgan fingerprint density at radius 3 is 1.00 bits per heavy atom. The van der Waals surface area contributed by atoms with Crippen molar-refractivity contribution in [2.45, 2.75) is 0 Å². The van der Waals surface area contributed by atoms with Gasteiger partial charge in [-0.1, -0.05) is 127 Å². The lowest BCUT2D eigenvalue weighted by atomic mass is 9.97. The number of aromatic nitrogens is 2. The molecule has 0 fully saturated rings. The molecule has 0 aliphatic rings. The lowest BCUT2D eigenvalue weighted by molar-refractivity contribution is 1.18. The smallest absolute Gasteiger partial charge is 0.0541 e. The van der Waals surface area contributed by atoms with Crippen LogP contribution in [-0.4, -0.2) is 9.13 Å². The molecule has 0 aliphatic carbocycles. The Kier molecular flexibility index (Phi) is 6.53. The molecule has 2 nitrogen and oxygen atoms in total. The first-order valence-electron chi connectivity index (χ1n) is 17.2. The fraction of sp³-hybridized carbons (Fsp3) is 0. The van der Waals surface area contributed by atoms with Gasteiger partial charge in [-0.2, -0.15) is 0 Å². The highest BCUT2D eigenvalue weighted by atomic mass is 15.0. The van der Waals surface area contributed by atoms with E-state index >= 15 is 0 Å². The van der Waals surface area contributed by atoms with E-state index in [2.05, 4.69) is 203 Å². The van der Waals surface area contributed by atoms with Crippen LogP contribution in [-0.2, 0) is 0 Å². The predicted octanol–water partition coefficient (Wildman–Crippen LogP) is 12.9. The molecule has 234 valence electrons. The van der Waals surface area contributed by atoms with Crippen LogP contribution in [0.1, 0.15) is 0 Å². The average Bonchev–Trinajstić information content (AvgIpc) is 3.71. The average molecular weight is 637 g/mol. The molecule has 10 aromatic rings. The summed E-state index contributed by atoms with van der Waals surface area (Å²) in [5, 5.41) is 5.04. The SMILES string of the molecule is c1ccc(-c2ccc3c(c2)c2cc(-c4ccc(-c5ccc6c(c5)c5ccccc5n6-c5ccccc5)cc4)ccc2n3-c2ccccc2)cc1. The highest BCUT2D eigenvalue weighted by Crippen LogP contribution is 2.38. The molecule has 0 saturated heterocycles. The van der Waals surface area contributed by atoms with E-state index in [0.29, 0.717) is 0 Å². The number of hydrogen-bond acceptors (Lipinski definition) is 0. The summed E-state index contributed by atoms with van der Waals surface area (Å²) < 4.78 is 4.75. The number of hydrogen-bond donors (Lipinski definition) is 0. The Morgan fingerprint density at radius 1 is 0.220 bits per heavy atom. The number of rotatable bonds is 5. The zero-order valence-electron chi connectivity index (χ0n) is 27.4. The third-order valence-corrected chi connectivity index (χ3v) is 10.1. The van der Waals surface area contributed by atoms with Gasteiger partial charge in [0, 0.05) is 32.9 Å². The summed E-state index contributed by atoms with van der Waals surface area (Å²) in [5.74, 6) is 0. The fourth-order valence-electron chi connectivity index (χ4n) is 7.73. The molecule has 50 heavy (non-hydrogen) atoms. The third kappa shape index (κ3) is 4.57. The van der Waals surface area contributed by atoms with Gasteiger partial charge in [0.15, 0.2) is 0 Å². The second-order valence-electron chi connectivity index (χ2n) is 13.0. The Hall–Kier alpha value is -6.64. The monoisotopic (exact) mass is 636 g/mol. The summed E-state index contributed by atoms with van der Waals surface area (Å²) in [6, 6.07) is 70.4. The standard InChI is InChI=1S/C48H32N2/c1-4-12-33(13-5-1)36-24-28-47-43(31-36)44-32-38(26-29-48(44)50(47)40-16-8-3-9-17-40)35-22-20-34(21-23-35)37-25-27-46-42(30-37)41-18-10-11-19-45(41)49(46)39-14-6-2-7-15-39/h1-32H. The first kappa shape index (κ1) is 28.4. The molecule has 0 aliphatic heterocycles. The van der Waals surface area contributed by atoms with Gasteiger partial charge >= 0.3 is 0 Å². The van der Waals surface area contributed by atoms with Gasteiger partial charge in [-0.05, 0) is 100 Å². The summed E-state index contributed by atoms with van der Waals surface area (Å²) >= 11 is 0. The van der Waals surface area contributed by atoms with Crippen molar-refractivity contribution in [1.29, 1.82) is 0 Å². The van der Waals surface area contributed by atoms with Crippen molar-refractivity contribution in [3.8, 4) is 44.8 Å². The molecule has 0 unspecified atom stereocenters. The van der Waals surface area contributed by atoms with Crippen molar-refractivity contribution in [1.82, 2.24) is 9.13 Å². The van der Waals surface area contributed by atoms with Crippen molar-refractivity contribution in [2.24, 2.45) is 0 Å². The zero-order valence-corrected chi connectivity index (χ0v) is 27.4. The number of nitrogens with zero attached hydrogens (tertiary/aromatic N) is 2. The van der Waals surface area contributed by atoms with E-state index in [4.69, 9.17) is 0 Å². The van der Waals surface area contributed by atoms with Gasteiger partial charge in [0.05, 0.1) is 22.1 Å². The van der Waals surface area contributed by atoms with Crippen LogP contribution in [0.3, 0.4) is 0 Å². The molecule has 10 rings (SSSR count). The Bertz CT molecular complexity index is 2820. The third-order valence-electron chi connectivity index (χ3n) is 10.1. The molecule has 0 N–H and O–H groups in total. The molecular weight excluding hydrogens is 605 g/mol. The fourth-order valence-corrected chi connectivity index (χ4v) is 7.73. The normalized spacial score (nSPS) is 11.6. The van der Waals surface area contributed by atoms with Crippen LogP contribution in [0.15, 0.2) is 194 Å². The van der Waals surface area contributed by atoms with Crippen molar-refractivity contribution in [3.63, 3.8) is 0 Å². The quantitative estimate of drug-likeness (QED) is 0.178. The maximum atomic E-state index is 2.39. The van der Waals surface area contributed by atoms with Gasteiger partial charge in [0.25, 0.3) is 0 Å². The van der Waals surface area contributed by atoms with Gasteiger partial charge in [-0.25, -0.2) is 0 Å². The highest BCUT2D eigenvalue weighted by molar-refractivity contribution is 6.12. The van der Waals surface area contributed by atoms with Crippen LogP contribution in [0.2, 0.25) is 0 Å². The molecule has 8 aromatic carbocycles. The Morgan fingerprint density at radius 2 is 0.540 bits per heavy atom. The maximum absolute atomic E-state index is 2.39. The molecule has 2 heterocycles. The van der Waals surface area contributed by atoms with Crippen LogP contribution < -0.4 is 0 Å². The van der Waals surface area contributed by atoms with E-state index in [1.807, 2.05) is 0 Å². The van der Waals surface area contributed by atoms with Crippen LogP contribution in [0.25, 0.3) is 88.4 Å². The second-order valence-corrected chi connectivity index (χ2v) is 13.0. The molecule has 0 amide bonds. The summed E-state index contributed by atoms with van der Waals surface area (Å²) in [6.07, 6.45) is 0. The van der Waals surface area contributed by atoms with Crippen LogP contribution in [0.5, 0.6) is 0 Å². The topological polar surface area (TPSA) is 9.86 Å². The molecule has 0 atom stereocenters. The van der Waals surface area contributed by atoms with Crippen LogP contribution >= 0.6 is 0 Å². The molecule has 2 aromatic heterocycles. The summed E-state index contributed by atoms with van der Waals surface area (Å²) in [5.41, 5.74) is 14.5. The number of benzene rings is 8. The van der Waals surface area contributed by atoms with Gasteiger partial charge in [-0.3, -0.25) is 0 Å². The number of para-hydroxylation sites is 3. The first-order chi connectivity index (χ1) is 24.8. The van der Waals surface area contributed by atoms with Crippen molar-refractivity contribution in [2.75, 3.05) is 0 Å². The van der Waals surface area contributed by atoms with Gasteiger partial charge in [-0.15, -0.1) is 0 Å². The summed E-state index contributed by atoms with van der Waals surface area (Å²) in [4.78, 5) is 0. The predicted molar refractivity (Wildman–Crippen MR) is 211 cm³/mol. The van der Waals surface area contributed by atoms with Crippen molar-refractivity contribution in [3.05, 3.63) is 194 Å². The van der Waals surface area contributed by atoms with Gasteiger partial charge in [0.2, 0.25) is 0 Å². The van der Waals surface area contributed by atoms with Crippen LogP contribution in [0, 0.1) is 0 Å². The second kappa shape index (κ2) is 11.5. The minimum atomic E-state index is 1.17. The number of fused-ring (bicyclic) bond motifs is 6. The largest absolute Gasteiger partial charge is 0.309 e. The Balaban J connectivity index is 1.07. The molecule has 0 bridgehead atoms. The minimum Gasteiger partial charge on any atom is -0.309 e. The molecular formula is C48H32N2. The molecule has 2 heteroatoms. The van der Waals surface area contributed by atoms with Crippen molar-refractivity contribution < 1.29 is 0 Å². The lowest BCUT2D eigenvalue weighted by Crippen LogP contribution is -1.93. The van der Waals surface area contributed by atoms with E-state index in [1.165, 1.54) is 88.4 Å². The van der Waals surface area contributed by atoms with Crippen molar-refractivity contribution >= 4 is 43.6 Å². The van der Waals surface area contributed by atoms with Crippen LogP contribution in [0.4, 0.5) is 0 Å². The molecule has 0 radical (unpaired) electrons. The first-order valence-corrected chi connectivity index (χ1v) is 17.2. The van der Waals surface area contributed by atoms with E-state index in [9.17, 15) is 0 Å². The summed E-state index contributed by atoms with van der Waals surface area (Å²) in [7, 11) is 0. The highest BCUT2D eigenvalue weighted by Gasteiger charge is 2.16. The lowest BCUT2D eigenvalue weighted by Gasteiger charge is -2.09. The molecule has 0 saturated carbocycles. The van der Waals surface area contributed by atoms with E-state index in [0.717, 1.165) is 0 Å². The Labute approximate surface area is 290 Å². The van der Waals surface area contributed by atoms with E-state index < -0.39 is 0 Å². The van der Waals surface area contributed by atoms with Gasteiger partial charge in [0.1, 0.15) is 0 Å². The zero-order chi connectivity index (χ0) is 33.0.